The Balaban J connectivity index is 2.08. The molecule has 3 aromatic carbocycles. The van der Waals surface area contributed by atoms with Gasteiger partial charge in [-0.25, -0.2) is 9.59 Å². The second-order valence-electron chi connectivity index (χ2n) is 6.79. The maximum atomic E-state index is 13.1. The highest BCUT2D eigenvalue weighted by Gasteiger charge is 2.54. The number of esters is 1. The molecule has 0 radical (unpaired) electrons. The molecule has 1 saturated heterocycles. The van der Waals surface area contributed by atoms with Crippen LogP contribution in [0.5, 0.6) is 0 Å². The van der Waals surface area contributed by atoms with E-state index >= 15 is 0 Å². The van der Waals surface area contributed by atoms with Gasteiger partial charge >= 0.3 is 12.1 Å². The number of carbonyl (C=O) groups is 2. The largest absolute Gasteiger partial charge is 0.467 e. The second-order valence-corrected chi connectivity index (χ2v) is 6.79. The number of cyclic esters (lactones) is 1. The Morgan fingerprint density at radius 1 is 0.862 bits per heavy atom. The molecule has 1 fully saturated rings. The molecule has 3 aromatic rings. The number of ether oxygens (including phenoxy) is 2. The Hall–Kier alpha value is -3.60. The summed E-state index contributed by atoms with van der Waals surface area (Å²) in [7, 11) is 1.32. The van der Waals surface area contributed by atoms with E-state index in [9.17, 15) is 9.59 Å². The average molecular weight is 387 g/mol. The van der Waals surface area contributed by atoms with Crippen molar-refractivity contribution in [1.82, 2.24) is 4.90 Å². The van der Waals surface area contributed by atoms with Crippen LogP contribution >= 0.6 is 0 Å². The molecule has 0 spiro atoms. The summed E-state index contributed by atoms with van der Waals surface area (Å²) in [6.45, 7) is -0.0558. The summed E-state index contributed by atoms with van der Waals surface area (Å²) in [6, 6.07) is 28.2. The van der Waals surface area contributed by atoms with Gasteiger partial charge in [-0.15, -0.1) is 0 Å². The van der Waals surface area contributed by atoms with Gasteiger partial charge in [0.25, 0.3) is 0 Å². The molecule has 1 heterocycles. The quantitative estimate of drug-likeness (QED) is 0.491. The van der Waals surface area contributed by atoms with Crippen LogP contribution in [0.2, 0.25) is 0 Å². The van der Waals surface area contributed by atoms with E-state index in [1.165, 1.54) is 12.0 Å². The molecule has 5 heteroatoms. The van der Waals surface area contributed by atoms with Crippen LogP contribution in [-0.4, -0.2) is 36.7 Å². The first kappa shape index (κ1) is 18.7. The highest BCUT2D eigenvalue weighted by Crippen LogP contribution is 2.45. The first-order valence-corrected chi connectivity index (χ1v) is 9.40. The molecule has 1 amide bonds. The molecule has 0 aromatic heterocycles. The smallest absolute Gasteiger partial charge is 0.412 e. The lowest BCUT2D eigenvalue weighted by Crippen LogP contribution is -2.55. The lowest BCUT2D eigenvalue weighted by molar-refractivity contribution is -0.146. The molecule has 5 nitrogen and oxygen atoms in total. The van der Waals surface area contributed by atoms with Crippen LogP contribution in [0.4, 0.5) is 4.79 Å². The minimum atomic E-state index is -1.06. The third kappa shape index (κ3) is 3.05. The highest BCUT2D eigenvalue weighted by molar-refractivity contribution is 5.86. The third-order valence-electron chi connectivity index (χ3n) is 5.28. The lowest BCUT2D eigenvalue weighted by atomic mass is 9.75. The van der Waals surface area contributed by atoms with Gasteiger partial charge in [0.15, 0.2) is 6.04 Å². The lowest BCUT2D eigenvalue weighted by Gasteiger charge is -2.43. The summed E-state index contributed by atoms with van der Waals surface area (Å²) in [5.74, 6) is -0.511. The van der Waals surface area contributed by atoms with E-state index in [1.807, 2.05) is 91.0 Å². The van der Waals surface area contributed by atoms with Crippen molar-refractivity contribution in [3.8, 4) is 0 Å². The van der Waals surface area contributed by atoms with Crippen molar-refractivity contribution in [3.63, 3.8) is 0 Å². The summed E-state index contributed by atoms with van der Waals surface area (Å²) < 4.78 is 10.4. The van der Waals surface area contributed by atoms with Gasteiger partial charge in [-0.05, 0) is 16.7 Å². The standard InChI is InChI=1S/C24H21NO4/c1-28-22(26)21-17-29-23(27)25(21)24(18-11-5-2-6-12-18,19-13-7-3-8-14-19)20-15-9-4-10-16-20/h2-16,21H,17H2,1H3/t21-/m1/s1. The molecule has 29 heavy (non-hydrogen) atoms. The Labute approximate surface area is 169 Å². The van der Waals surface area contributed by atoms with Crippen LogP contribution in [0.1, 0.15) is 16.7 Å². The van der Waals surface area contributed by atoms with Crippen molar-refractivity contribution in [1.29, 1.82) is 0 Å². The topological polar surface area (TPSA) is 55.8 Å². The predicted molar refractivity (Wildman–Crippen MR) is 108 cm³/mol. The van der Waals surface area contributed by atoms with E-state index in [4.69, 9.17) is 9.47 Å². The number of nitrogens with zero attached hydrogens (tertiary/aromatic N) is 1. The van der Waals surface area contributed by atoms with Gasteiger partial charge in [0.1, 0.15) is 12.1 Å². The van der Waals surface area contributed by atoms with Crippen molar-refractivity contribution in [2.24, 2.45) is 0 Å². The number of carbonyl (C=O) groups excluding carboxylic acids is 2. The SMILES string of the molecule is COC(=O)[C@H]1COC(=O)N1C(c1ccccc1)(c1ccccc1)c1ccccc1. The monoisotopic (exact) mass is 387 g/mol. The van der Waals surface area contributed by atoms with E-state index in [1.54, 1.807) is 0 Å². The Morgan fingerprint density at radius 3 is 1.66 bits per heavy atom. The Bertz CT molecular complexity index is 892. The molecular formula is C24H21NO4. The van der Waals surface area contributed by atoms with Gasteiger partial charge in [0.05, 0.1) is 7.11 Å². The minimum Gasteiger partial charge on any atom is -0.467 e. The van der Waals surface area contributed by atoms with Crippen molar-refractivity contribution in [2.45, 2.75) is 11.6 Å². The third-order valence-corrected chi connectivity index (χ3v) is 5.28. The van der Waals surface area contributed by atoms with Crippen LogP contribution in [0.25, 0.3) is 0 Å². The van der Waals surface area contributed by atoms with Crippen molar-refractivity contribution in [2.75, 3.05) is 13.7 Å². The minimum absolute atomic E-state index is 0.0558. The van der Waals surface area contributed by atoms with Crippen molar-refractivity contribution in [3.05, 3.63) is 108 Å². The van der Waals surface area contributed by atoms with Gasteiger partial charge in [-0.2, -0.15) is 0 Å². The van der Waals surface area contributed by atoms with Crippen molar-refractivity contribution >= 4 is 12.1 Å². The zero-order chi connectivity index (χ0) is 20.3. The summed E-state index contributed by atoms with van der Waals surface area (Å²) in [4.78, 5) is 27.2. The van der Waals surface area contributed by atoms with E-state index in [2.05, 4.69) is 0 Å². The van der Waals surface area contributed by atoms with Crippen LogP contribution in [0.15, 0.2) is 91.0 Å². The molecule has 0 N–H and O–H groups in total. The first-order chi connectivity index (χ1) is 14.2. The molecule has 0 bridgehead atoms. The van der Waals surface area contributed by atoms with Crippen LogP contribution < -0.4 is 0 Å². The van der Waals surface area contributed by atoms with E-state index in [0.29, 0.717) is 0 Å². The van der Waals surface area contributed by atoms with Gasteiger partial charge in [0.2, 0.25) is 0 Å². The number of methoxy groups -OCH3 is 1. The average Bonchev–Trinajstić information content (AvgIpc) is 3.18. The molecule has 146 valence electrons. The van der Waals surface area contributed by atoms with Gasteiger partial charge in [0, 0.05) is 0 Å². The van der Waals surface area contributed by atoms with Gasteiger partial charge in [-0.3, -0.25) is 4.90 Å². The molecule has 0 unspecified atom stereocenters. The fraction of sp³-hybridized carbons (Fsp3) is 0.167. The molecule has 0 aliphatic carbocycles. The van der Waals surface area contributed by atoms with E-state index in [0.717, 1.165) is 16.7 Å². The van der Waals surface area contributed by atoms with E-state index in [-0.39, 0.29) is 6.61 Å². The summed E-state index contributed by atoms with van der Waals surface area (Å²) in [6.07, 6.45) is -0.558. The first-order valence-electron chi connectivity index (χ1n) is 9.40. The zero-order valence-electron chi connectivity index (χ0n) is 16.0. The molecule has 1 atom stereocenters. The molecular weight excluding hydrogens is 366 g/mol. The Kier molecular flexibility index (Phi) is 5.04. The number of hydrogen-bond donors (Lipinski definition) is 0. The maximum absolute atomic E-state index is 13.1. The second kappa shape index (κ2) is 7.80. The van der Waals surface area contributed by atoms with Gasteiger partial charge < -0.3 is 9.47 Å². The molecule has 4 rings (SSSR count). The van der Waals surface area contributed by atoms with E-state index < -0.39 is 23.6 Å². The predicted octanol–water partition coefficient (Wildman–Crippen LogP) is 3.97. The summed E-state index contributed by atoms with van der Waals surface area (Å²) in [5, 5.41) is 0. The number of rotatable bonds is 5. The van der Waals surface area contributed by atoms with Crippen molar-refractivity contribution < 1.29 is 19.1 Å². The molecule has 0 saturated carbocycles. The summed E-state index contributed by atoms with van der Waals surface area (Å²) in [5.41, 5.74) is 1.50. The zero-order valence-corrected chi connectivity index (χ0v) is 16.0. The molecule has 1 aliphatic heterocycles. The fourth-order valence-corrected chi connectivity index (χ4v) is 4.06. The Morgan fingerprint density at radius 2 is 1.28 bits per heavy atom. The highest BCUT2D eigenvalue weighted by atomic mass is 16.6. The van der Waals surface area contributed by atoms with Crippen LogP contribution in [0, 0.1) is 0 Å². The van der Waals surface area contributed by atoms with Crippen LogP contribution in [-0.2, 0) is 19.8 Å². The van der Waals surface area contributed by atoms with Crippen LogP contribution in [0.3, 0.4) is 0 Å². The summed E-state index contributed by atoms with van der Waals surface area (Å²) >= 11 is 0. The number of benzene rings is 3. The van der Waals surface area contributed by atoms with Gasteiger partial charge in [-0.1, -0.05) is 91.0 Å². The normalized spacial score (nSPS) is 16.4. The number of hydrogen-bond acceptors (Lipinski definition) is 4. The fourth-order valence-electron chi connectivity index (χ4n) is 4.06. The molecule has 1 aliphatic rings. The maximum Gasteiger partial charge on any atom is 0.412 e. The number of amides is 1.